The second-order valence-electron chi connectivity index (χ2n) is 24.3. The van der Waals surface area contributed by atoms with Gasteiger partial charge in [-0.1, -0.05) is 182 Å². The van der Waals surface area contributed by atoms with E-state index in [1.807, 2.05) is 11.3 Å². The molecule has 1 aliphatic carbocycles. The van der Waals surface area contributed by atoms with Gasteiger partial charge in [-0.2, -0.15) is 0 Å². The number of thiophene rings is 1. The van der Waals surface area contributed by atoms with E-state index in [1.165, 1.54) is 114 Å². The van der Waals surface area contributed by atoms with E-state index in [-0.39, 0.29) is 23.1 Å². The maximum atomic E-state index is 7.77. The number of hydrogen-bond acceptors (Lipinski definition) is 4. The zero-order valence-corrected chi connectivity index (χ0v) is 45.6. The topological polar surface area (TPSA) is 19.6 Å². The molecule has 12 aromatic rings. The molecule has 0 amide bonds. The lowest BCUT2D eigenvalue weighted by Gasteiger charge is -2.45. The van der Waals surface area contributed by atoms with Gasteiger partial charge in [-0.3, -0.25) is 4.90 Å². The van der Waals surface area contributed by atoms with Crippen LogP contribution in [-0.2, 0) is 16.2 Å². The Morgan fingerprint density at radius 1 is 0.455 bits per heavy atom. The summed E-state index contributed by atoms with van der Waals surface area (Å²) in [5.74, 6) is 0.872. The minimum absolute atomic E-state index is 0.00616. The van der Waals surface area contributed by atoms with Gasteiger partial charge in [0.05, 0.1) is 5.69 Å². The van der Waals surface area contributed by atoms with Crippen molar-refractivity contribution in [1.82, 2.24) is 0 Å². The molecular weight excluding hydrogens is 952 g/mol. The fourth-order valence-electron chi connectivity index (χ4n) is 13.3. The molecule has 0 radical (unpaired) electrons. The summed E-state index contributed by atoms with van der Waals surface area (Å²) in [7, 11) is 0. The van der Waals surface area contributed by atoms with Crippen LogP contribution in [0.5, 0.6) is 0 Å². The quantitative estimate of drug-likeness (QED) is 0.160. The highest BCUT2D eigenvalue weighted by atomic mass is 32.1. The predicted octanol–water partition coefficient (Wildman–Crippen LogP) is 19.3. The zero-order valence-electron chi connectivity index (χ0n) is 44.8. The Morgan fingerprint density at radius 2 is 1.04 bits per heavy atom. The summed E-state index contributed by atoms with van der Waals surface area (Å²) in [6.07, 6.45) is 2.25. The smallest absolute Gasteiger partial charge is 0.337 e. The number of nitrogens with zero attached hydrogens (tertiary/aromatic N) is 2. The van der Waals surface area contributed by atoms with Gasteiger partial charge in [0.2, 0.25) is 5.88 Å². The van der Waals surface area contributed by atoms with E-state index in [1.54, 1.807) is 0 Å². The van der Waals surface area contributed by atoms with Crippen molar-refractivity contribution in [2.75, 3.05) is 9.71 Å². The highest BCUT2D eigenvalue weighted by molar-refractivity contribution is 7.26. The van der Waals surface area contributed by atoms with Crippen LogP contribution in [0.15, 0.2) is 211 Å². The zero-order chi connectivity index (χ0) is 52.1. The van der Waals surface area contributed by atoms with Gasteiger partial charge in [0, 0.05) is 59.2 Å². The minimum atomic E-state index is -0.256. The lowest BCUT2D eigenvalue weighted by molar-refractivity contribution is 0.332. The summed E-state index contributed by atoms with van der Waals surface area (Å²) >= 11 is 1.90. The molecule has 0 atom stereocenters. The highest BCUT2D eigenvalue weighted by Gasteiger charge is 2.50. The first-order chi connectivity index (χ1) is 37.3. The van der Waals surface area contributed by atoms with Gasteiger partial charge in [-0.05, 0) is 168 Å². The normalized spacial score (nSPS) is 15.2. The molecule has 2 aromatic heterocycles. The fourth-order valence-corrected chi connectivity index (χ4v) is 14.5. The lowest BCUT2D eigenvalue weighted by atomic mass is 9.43. The summed E-state index contributed by atoms with van der Waals surface area (Å²) in [4.78, 5) is 5.20. The van der Waals surface area contributed by atoms with Crippen molar-refractivity contribution >= 4 is 99.7 Å². The van der Waals surface area contributed by atoms with Crippen molar-refractivity contribution < 1.29 is 4.42 Å². The third kappa shape index (κ3) is 7.16. The van der Waals surface area contributed by atoms with E-state index in [4.69, 9.17) is 4.42 Å². The summed E-state index contributed by atoms with van der Waals surface area (Å²) in [5.41, 5.74) is 21.5. The second kappa shape index (κ2) is 16.7. The molecule has 372 valence electrons. The van der Waals surface area contributed by atoms with Crippen molar-refractivity contribution in [3.8, 4) is 44.5 Å². The van der Waals surface area contributed by atoms with Gasteiger partial charge in [-0.15, -0.1) is 11.3 Å². The van der Waals surface area contributed by atoms with Crippen molar-refractivity contribution in [3.05, 3.63) is 223 Å². The second-order valence-corrected chi connectivity index (χ2v) is 25.4. The molecule has 2 aliphatic heterocycles. The average molecular weight is 1010 g/mol. The number of furan rings is 1. The Bertz CT molecular complexity index is 4370. The highest BCUT2D eigenvalue weighted by Crippen LogP contribution is 2.55. The van der Waals surface area contributed by atoms with Gasteiger partial charge in [0.25, 0.3) is 0 Å². The molecule has 0 saturated heterocycles. The average Bonchev–Trinajstić information content (AvgIpc) is 4.18. The Balaban J connectivity index is 1.11. The molecule has 0 spiro atoms. The van der Waals surface area contributed by atoms with Crippen molar-refractivity contribution in [3.63, 3.8) is 0 Å². The number of anilines is 5. The Labute approximate surface area is 456 Å². The first kappa shape index (κ1) is 46.2. The number of benzene rings is 10. The van der Waals surface area contributed by atoms with Crippen LogP contribution in [0.4, 0.5) is 28.6 Å². The van der Waals surface area contributed by atoms with Crippen LogP contribution in [0.3, 0.4) is 0 Å². The number of hydrogen-bond donors (Lipinski definition) is 0. The van der Waals surface area contributed by atoms with E-state index >= 15 is 0 Å². The van der Waals surface area contributed by atoms with Crippen LogP contribution in [0.1, 0.15) is 78.0 Å². The van der Waals surface area contributed by atoms with Crippen molar-refractivity contribution in [2.24, 2.45) is 0 Å². The molecule has 0 N–H and O–H groups in total. The van der Waals surface area contributed by atoms with Crippen molar-refractivity contribution in [2.45, 2.75) is 77.6 Å². The van der Waals surface area contributed by atoms with E-state index < -0.39 is 0 Å². The predicted molar refractivity (Wildman–Crippen MR) is 331 cm³/mol. The van der Waals surface area contributed by atoms with Crippen LogP contribution >= 0.6 is 11.3 Å². The summed E-state index contributed by atoms with van der Waals surface area (Å²) < 4.78 is 10.4. The third-order valence-electron chi connectivity index (χ3n) is 17.6. The molecule has 0 fully saturated rings. The number of fused-ring (bicyclic) bond motifs is 11. The Hall–Kier alpha value is -8.12. The molecule has 0 bridgehead atoms. The minimum Gasteiger partial charge on any atom is -0.440 e. The first-order valence-corrected chi connectivity index (χ1v) is 28.3. The Kier molecular flexibility index (Phi) is 10.0. The molecule has 0 unspecified atom stereocenters. The van der Waals surface area contributed by atoms with Crippen LogP contribution in [0.25, 0.3) is 86.4 Å². The summed E-state index contributed by atoms with van der Waals surface area (Å²) in [5, 5.41) is 6.29. The van der Waals surface area contributed by atoms with E-state index in [0.29, 0.717) is 0 Å². The van der Waals surface area contributed by atoms with E-state index in [2.05, 4.69) is 264 Å². The summed E-state index contributed by atoms with van der Waals surface area (Å²) in [6, 6.07) is 77.9. The van der Waals surface area contributed by atoms with Crippen LogP contribution in [0, 0.1) is 0 Å². The van der Waals surface area contributed by atoms with Crippen LogP contribution < -0.4 is 20.6 Å². The van der Waals surface area contributed by atoms with Gasteiger partial charge >= 0.3 is 6.85 Å². The van der Waals surface area contributed by atoms with E-state index in [9.17, 15) is 0 Å². The monoisotopic (exact) mass is 1010 g/mol. The molecule has 5 heteroatoms. The first-order valence-electron chi connectivity index (χ1n) is 27.5. The Morgan fingerprint density at radius 3 is 1.71 bits per heavy atom. The standard InChI is InChI=1S/C72H59BN2OS/c1-70(2,3)51-29-32-61(53(39-51)47-23-15-10-16-24-47)74-63-37-50(45-21-13-9-14-22-45)36-57-54-40-56-55-35-48-25-17-18-26-49(48)38-65(55)77-66(56)43-62(54)75(52-30-27-46(28-31-52)44-19-11-8-12-20-44)73(67(57)63)68-58-41-59-60(42-64(58)76-69(68)74)72(6,7)34-33-71(59,4)5/h8-32,35-43H,33-34H2,1-7H3. The molecule has 15 rings (SSSR count). The summed E-state index contributed by atoms with van der Waals surface area (Å²) in [6.45, 7) is 16.4. The van der Waals surface area contributed by atoms with E-state index in [0.717, 1.165) is 41.4 Å². The molecule has 0 saturated carbocycles. The molecule has 77 heavy (non-hydrogen) atoms. The SMILES string of the molecule is CC(C)(C)c1ccc(N2c3cc(-c4ccccc4)cc4c3B(c3c2oc2cc5c(cc32)C(C)(C)CCC5(C)C)N(c2ccc(-c3ccccc3)cc2)c2cc3sc5cc6ccccc6cc5c3cc2-4)c(-c2ccccc2)c1. The molecule has 10 aromatic carbocycles. The van der Waals surface area contributed by atoms with Gasteiger partial charge in [0.15, 0.2) is 0 Å². The maximum Gasteiger partial charge on any atom is 0.337 e. The molecule has 3 aliphatic rings. The van der Waals surface area contributed by atoms with Gasteiger partial charge in [0.1, 0.15) is 5.58 Å². The van der Waals surface area contributed by atoms with Crippen molar-refractivity contribution in [1.29, 1.82) is 0 Å². The molecule has 4 heterocycles. The number of rotatable bonds is 5. The molecular formula is C72H59BN2OS. The lowest BCUT2D eigenvalue weighted by Crippen LogP contribution is -2.61. The molecule has 3 nitrogen and oxygen atoms in total. The largest absolute Gasteiger partial charge is 0.440 e. The van der Waals surface area contributed by atoms with Gasteiger partial charge in [-0.25, -0.2) is 0 Å². The fraction of sp³-hybridized carbons (Fsp3) is 0.167. The van der Waals surface area contributed by atoms with Crippen LogP contribution in [-0.4, -0.2) is 6.85 Å². The maximum absolute atomic E-state index is 7.77. The van der Waals surface area contributed by atoms with Crippen LogP contribution in [0.2, 0.25) is 0 Å². The third-order valence-corrected chi connectivity index (χ3v) is 18.8. The van der Waals surface area contributed by atoms with Gasteiger partial charge < -0.3 is 9.23 Å².